The van der Waals surface area contributed by atoms with Gasteiger partial charge in [0.25, 0.3) is 0 Å². The molecule has 2 N–H and O–H groups in total. The normalized spacial score (nSPS) is 16.2. The molecule has 1 heterocycles. The Morgan fingerprint density at radius 2 is 2.24 bits per heavy atom. The van der Waals surface area contributed by atoms with E-state index in [9.17, 15) is 9.90 Å². The number of hydrogen-bond acceptors (Lipinski definition) is 4. The Morgan fingerprint density at radius 1 is 1.53 bits per heavy atom. The first kappa shape index (κ1) is 14.5. The van der Waals surface area contributed by atoms with Crippen LogP contribution in [-0.2, 0) is 11.3 Å². The first-order valence-electron chi connectivity index (χ1n) is 5.64. The minimum Gasteiger partial charge on any atom is -0.392 e. The summed E-state index contributed by atoms with van der Waals surface area (Å²) in [7, 11) is 0. The molecule has 96 valence electrons. The van der Waals surface area contributed by atoms with E-state index in [1.807, 2.05) is 31.4 Å². The number of nitrogens with one attached hydrogen (secondary N) is 1. The summed E-state index contributed by atoms with van der Waals surface area (Å²) >= 11 is 3.13. The van der Waals surface area contributed by atoms with Crippen molar-refractivity contribution < 1.29 is 9.90 Å². The number of thioether (sulfide) groups is 1. The SMILES string of the molecule is C[C@H](S[C@@H](C)[C@@H](C)O)C(=O)NCc1cccs1. The van der Waals surface area contributed by atoms with Gasteiger partial charge >= 0.3 is 0 Å². The molecule has 0 radical (unpaired) electrons. The summed E-state index contributed by atoms with van der Waals surface area (Å²) in [5.74, 6) is 0.0240. The van der Waals surface area contributed by atoms with Crippen LogP contribution in [0.25, 0.3) is 0 Å². The van der Waals surface area contributed by atoms with Crippen LogP contribution in [-0.4, -0.2) is 27.6 Å². The first-order chi connectivity index (χ1) is 8.00. The van der Waals surface area contributed by atoms with Crippen molar-refractivity contribution in [3.63, 3.8) is 0 Å². The topological polar surface area (TPSA) is 49.3 Å². The van der Waals surface area contributed by atoms with Gasteiger partial charge in [-0.15, -0.1) is 23.1 Å². The van der Waals surface area contributed by atoms with E-state index >= 15 is 0 Å². The van der Waals surface area contributed by atoms with Gasteiger partial charge in [-0.05, 0) is 25.3 Å². The third kappa shape index (κ3) is 5.10. The lowest BCUT2D eigenvalue weighted by atomic mass is 10.3. The zero-order valence-corrected chi connectivity index (χ0v) is 12.0. The zero-order chi connectivity index (χ0) is 12.8. The number of rotatable bonds is 6. The molecule has 0 spiro atoms. The average Bonchev–Trinajstić information content (AvgIpc) is 2.78. The molecule has 0 aliphatic rings. The fourth-order valence-electron chi connectivity index (χ4n) is 1.23. The van der Waals surface area contributed by atoms with E-state index in [4.69, 9.17) is 0 Å². The van der Waals surface area contributed by atoms with Crippen LogP contribution in [0.5, 0.6) is 0 Å². The second-order valence-electron chi connectivity index (χ2n) is 4.02. The average molecular weight is 273 g/mol. The second kappa shape index (κ2) is 7.03. The van der Waals surface area contributed by atoms with Gasteiger partial charge < -0.3 is 10.4 Å². The molecule has 0 bridgehead atoms. The summed E-state index contributed by atoms with van der Waals surface area (Å²) < 4.78 is 0. The van der Waals surface area contributed by atoms with Gasteiger partial charge in [-0.1, -0.05) is 13.0 Å². The molecule has 0 aromatic carbocycles. The van der Waals surface area contributed by atoms with E-state index in [-0.39, 0.29) is 16.4 Å². The van der Waals surface area contributed by atoms with E-state index in [0.717, 1.165) is 4.88 Å². The van der Waals surface area contributed by atoms with Crippen molar-refractivity contribution in [2.75, 3.05) is 0 Å². The van der Waals surface area contributed by atoms with Crippen LogP contribution in [0.15, 0.2) is 17.5 Å². The van der Waals surface area contributed by atoms with Crippen LogP contribution in [0.2, 0.25) is 0 Å². The Balaban J connectivity index is 2.32. The fourth-order valence-corrected chi connectivity index (χ4v) is 2.95. The molecular formula is C12H19NO2S2. The standard InChI is InChI=1S/C12H19NO2S2/c1-8(14)9(2)17-10(3)12(15)13-7-11-5-4-6-16-11/h4-6,8-10,14H,7H2,1-3H3,(H,13,15)/t8-,9+,10+/m1/s1. The lowest BCUT2D eigenvalue weighted by Crippen LogP contribution is -2.32. The minimum atomic E-state index is -0.396. The number of aliphatic hydroxyl groups is 1. The fraction of sp³-hybridized carbons (Fsp3) is 0.583. The van der Waals surface area contributed by atoms with Gasteiger partial charge in [0.1, 0.15) is 0 Å². The third-order valence-corrected chi connectivity index (χ3v) is 4.81. The van der Waals surface area contributed by atoms with Crippen molar-refractivity contribution in [3.8, 4) is 0 Å². The van der Waals surface area contributed by atoms with Gasteiger partial charge in [0.15, 0.2) is 0 Å². The maximum absolute atomic E-state index is 11.8. The number of carbonyl (C=O) groups excluding carboxylic acids is 1. The van der Waals surface area contributed by atoms with E-state index in [1.54, 1.807) is 18.3 Å². The van der Waals surface area contributed by atoms with Crippen LogP contribution >= 0.6 is 23.1 Å². The Morgan fingerprint density at radius 3 is 2.76 bits per heavy atom. The number of thiophene rings is 1. The molecule has 0 aliphatic heterocycles. The molecule has 3 atom stereocenters. The molecular weight excluding hydrogens is 254 g/mol. The first-order valence-corrected chi connectivity index (χ1v) is 7.46. The van der Waals surface area contributed by atoms with Gasteiger partial charge in [-0.2, -0.15) is 0 Å². The maximum Gasteiger partial charge on any atom is 0.233 e. The molecule has 5 heteroatoms. The Hall–Kier alpha value is -0.520. The molecule has 3 nitrogen and oxygen atoms in total. The van der Waals surface area contributed by atoms with Crippen molar-refractivity contribution in [1.29, 1.82) is 0 Å². The molecule has 0 saturated carbocycles. The summed E-state index contributed by atoms with van der Waals surface area (Å²) in [4.78, 5) is 12.9. The lowest BCUT2D eigenvalue weighted by molar-refractivity contribution is -0.120. The lowest BCUT2D eigenvalue weighted by Gasteiger charge is -2.18. The number of carbonyl (C=O) groups is 1. The highest BCUT2D eigenvalue weighted by Crippen LogP contribution is 2.20. The molecule has 0 fully saturated rings. The van der Waals surface area contributed by atoms with Gasteiger partial charge in [0.05, 0.1) is 17.9 Å². The summed E-state index contributed by atoms with van der Waals surface area (Å²) in [6, 6.07) is 3.97. The molecule has 0 saturated heterocycles. The van der Waals surface area contributed by atoms with Crippen molar-refractivity contribution in [2.24, 2.45) is 0 Å². The van der Waals surface area contributed by atoms with Gasteiger partial charge in [0.2, 0.25) is 5.91 Å². The van der Waals surface area contributed by atoms with Crippen molar-refractivity contribution in [3.05, 3.63) is 22.4 Å². The predicted octanol–water partition coefficient (Wildman–Crippen LogP) is 2.26. The van der Waals surface area contributed by atoms with E-state index in [2.05, 4.69) is 5.32 Å². The Labute approximate surface area is 111 Å². The van der Waals surface area contributed by atoms with Crippen LogP contribution in [0.3, 0.4) is 0 Å². The molecule has 1 aromatic rings. The van der Waals surface area contributed by atoms with Gasteiger partial charge in [-0.3, -0.25) is 4.79 Å². The van der Waals surface area contributed by atoms with Crippen molar-refractivity contribution in [2.45, 2.75) is 43.9 Å². The van der Waals surface area contributed by atoms with Crippen LogP contribution < -0.4 is 5.32 Å². The Kier molecular flexibility index (Phi) is 6.02. The highest BCUT2D eigenvalue weighted by atomic mass is 32.2. The van der Waals surface area contributed by atoms with E-state index in [0.29, 0.717) is 6.54 Å². The van der Waals surface area contributed by atoms with Crippen LogP contribution in [0, 0.1) is 0 Å². The minimum absolute atomic E-state index is 0.0240. The molecule has 1 aromatic heterocycles. The number of amides is 1. The smallest absolute Gasteiger partial charge is 0.233 e. The molecule has 17 heavy (non-hydrogen) atoms. The summed E-state index contributed by atoms with van der Waals surface area (Å²) in [6.07, 6.45) is -0.396. The maximum atomic E-state index is 11.8. The zero-order valence-electron chi connectivity index (χ0n) is 10.3. The Bertz CT molecular complexity index is 338. The highest BCUT2D eigenvalue weighted by molar-refractivity contribution is 8.01. The van der Waals surface area contributed by atoms with Crippen molar-refractivity contribution in [1.82, 2.24) is 5.32 Å². The van der Waals surface area contributed by atoms with Gasteiger partial charge in [0, 0.05) is 10.1 Å². The largest absolute Gasteiger partial charge is 0.392 e. The summed E-state index contributed by atoms with van der Waals surface area (Å²) in [6.45, 7) is 6.13. The quantitative estimate of drug-likeness (QED) is 0.836. The second-order valence-corrected chi connectivity index (χ2v) is 6.78. The number of hydrogen-bond donors (Lipinski definition) is 2. The van der Waals surface area contributed by atoms with E-state index < -0.39 is 6.10 Å². The van der Waals surface area contributed by atoms with Crippen molar-refractivity contribution >= 4 is 29.0 Å². The summed E-state index contributed by atoms with van der Waals surface area (Å²) in [5.41, 5.74) is 0. The summed E-state index contributed by atoms with van der Waals surface area (Å²) in [5, 5.41) is 14.2. The monoisotopic (exact) mass is 273 g/mol. The highest BCUT2D eigenvalue weighted by Gasteiger charge is 2.19. The van der Waals surface area contributed by atoms with E-state index in [1.165, 1.54) is 11.8 Å². The molecule has 1 amide bonds. The predicted molar refractivity (Wildman–Crippen MR) is 74.4 cm³/mol. The third-order valence-electron chi connectivity index (χ3n) is 2.48. The van der Waals surface area contributed by atoms with Crippen LogP contribution in [0.1, 0.15) is 25.6 Å². The molecule has 1 rings (SSSR count). The van der Waals surface area contributed by atoms with Gasteiger partial charge in [-0.25, -0.2) is 0 Å². The molecule has 0 unspecified atom stereocenters. The number of aliphatic hydroxyl groups excluding tert-OH is 1. The molecule has 0 aliphatic carbocycles. The van der Waals surface area contributed by atoms with Crippen LogP contribution in [0.4, 0.5) is 0 Å².